The van der Waals surface area contributed by atoms with Crippen LogP contribution in [0.2, 0.25) is 0 Å². The van der Waals surface area contributed by atoms with E-state index in [4.69, 9.17) is 5.41 Å². The monoisotopic (exact) mass is 237 g/mol. The summed E-state index contributed by atoms with van der Waals surface area (Å²) >= 11 is 1.19. The maximum Gasteiger partial charge on any atom is 0.232 e. The smallest absolute Gasteiger partial charge is 0.232 e. The van der Waals surface area contributed by atoms with E-state index in [1.807, 2.05) is 0 Å². The van der Waals surface area contributed by atoms with Gasteiger partial charge >= 0.3 is 0 Å². The lowest BCUT2D eigenvalue weighted by Gasteiger charge is -2.10. The fourth-order valence-corrected chi connectivity index (χ4v) is 1.19. The maximum atomic E-state index is 11.1. The second kappa shape index (κ2) is 8.90. The van der Waals surface area contributed by atoms with Crippen LogP contribution in [-0.4, -0.2) is 42.4 Å². The first kappa shape index (κ1) is 15.8. The molecule has 0 bridgehead atoms. The molecule has 0 saturated heterocycles. The molecule has 0 rings (SSSR count). The van der Waals surface area contributed by atoms with Gasteiger partial charge in [-0.25, -0.2) is 0 Å². The third-order valence-electron chi connectivity index (χ3n) is 1.25. The third kappa shape index (κ3) is 7.94. The van der Waals surface area contributed by atoms with Crippen LogP contribution >= 0.6 is 24.2 Å². The standard InChI is InChI=1S/C8H15N3OS.ClH/c1-4-5-10-8(9)13-6-7(12)11(2)3;/h4H,1,5-6H2,2-3H3,(H2,9,10);1H. The second-order valence-corrected chi connectivity index (χ2v) is 3.56. The zero-order valence-electron chi connectivity index (χ0n) is 8.37. The van der Waals surface area contributed by atoms with Gasteiger partial charge in [-0.2, -0.15) is 0 Å². The summed E-state index contributed by atoms with van der Waals surface area (Å²) < 4.78 is 0. The average Bonchev–Trinajstić information content (AvgIpc) is 2.10. The first-order valence-electron chi connectivity index (χ1n) is 3.84. The molecule has 0 heterocycles. The van der Waals surface area contributed by atoms with Crippen molar-refractivity contribution in [3.63, 3.8) is 0 Å². The number of amides is 1. The van der Waals surface area contributed by atoms with Gasteiger partial charge in [-0.3, -0.25) is 10.2 Å². The summed E-state index contributed by atoms with van der Waals surface area (Å²) in [5.41, 5.74) is 0. The van der Waals surface area contributed by atoms with E-state index in [2.05, 4.69) is 11.9 Å². The quantitative estimate of drug-likeness (QED) is 0.435. The molecule has 0 aliphatic heterocycles. The van der Waals surface area contributed by atoms with E-state index in [1.165, 1.54) is 16.7 Å². The van der Waals surface area contributed by atoms with Gasteiger partial charge < -0.3 is 10.2 Å². The van der Waals surface area contributed by atoms with Gasteiger partial charge in [-0.1, -0.05) is 17.8 Å². The highest BCUT2D eigenvalue weighted by Crippen LogP contribution is 2.00. The Balaban J connectivity index is 0. The van der Waals surface area contributed by atoms with Crippen LogP contribution in [0.15, 0.2) is 12.7 Å². The van der Waals surface area contributed by atoms with Crippen molar-refractivity contribution >= 4 is 35.2 Å². The van der Waals surface area contributed by atoms with Crippen molar-refractivity contribution in [3.8, 4) is 0 Å². The lowest BCUT2D eigenvalue weighted by Crippen LogP contribution is -2.26. The van der Waals surface area contributed by atoms with Crippen LogP contribution < -0.4 is 5.32 Å². The highest BCUT2D eigenvalue weighted by Gasteiger charge is 2.05. The Hall–Kier alpha value is -0.680. The Morgan fingerprint density at radius 1 is 1.64 bits per heavy atom. The Bertz CT molecular complexity index is 209. The van der Waals surface area contributed by atoms with Gasteiger partial charge in [0.05, 0.1) is 5.75 Å². The molecule has 0 unspecified atom stereocenters. The maximum absolute atomic E-state index is 11.1. The molecule has 4 nitrogen and oxygen atoms in total. The zero-order valence-corrected chi connectivity index (χ0v) is 10.0. The lowest BCUT2D eigenvalue weighted by molar-refractivity contribution is -0.125. The Morgan fingerprint density at radius 3 is 2.64 bits per heavy atom. The predicted octanol–water partition coefficient (Wildman–Crippen LogP) is 0.940. The van der Waals surface area contributed by atoms with Crippen LogP contribution in [0, 0.1) is 5.41 Å². The zero-order chi connectivity index (χ0) is 10.3. The molecule has 0 saturated carbocycles. The van der Waals surface area contributed by atoms with Crippen LogP contribution in [0.1, 0.15) is 0 Å². The first-order valence-corrected chi connectivity index (χ1v) is 4.82. The van der Waals surface area contributed by atoms with E-state index in [9.17, 15) is 4.79 Å². The molecular weight excluding hydrogens is 222 g/mol. The number of hydrogen-bond donors (Lipinski definition) is 2. The van der Waals surface area contributed by atoms with Crippen molar-refractivity contribution in [1.82, 2.24) is 10.2 Å². The van der Waals surface area contributed by atoms with Crippen LogP contribution in [-0.2, 0) is 4.79 Å². The Morgan fingerprint density at radius 2 is 2.21 bits per heavy atom. The molecule has 82 valence electrons. The highest BCUT2D eigenvalue weighted by molar-refractivity contribution is 8.14. The largest absolute Gasteiger partial charge is 0.362 e. The van der Waals surface area contributed by atoms with Gasteiger partial charge in [-0.15, -0.1) is 19.0 Å². The number of hydrogen-bond acceptors (Lipinski definition) is 3. The van der Waals surface area contributed by atoms with Crippen LogP contribution in [0.25, 0.3) is 0 Å². The summed E-state index contributed by atoms with van der Waals surface area (Å²) in [5, 5.41) is 10.4. The topological polar surface area (TPSA) is 56.2 Å². The van der Waals surface area contributed by atoms with Gasteiger partial charge in [0, 0.05) is 20.6 Å². The number of amidine groups is 1. The molecule has 6 heteroatoms. The average molecular weight is 238 g/mol. The molecule has 0 spiro atoms. The van der Waals surface area contributed by atoms with E-state index in [-0.39, 0.29) is 18.3 Å². The van der Waals surface area contributed by atoms with Crippen molar-refractivity contribution in [3.05, 3.63) is 12.7 Å². The summed E-state index contributed by atoms with van der Waals surface area (Å²) in [6, 6.07) is 0. The molecule has 0 aromatic carbocycles. The first-order chi connectivity index (χ1) is 6.07. The van der Waals surface area contributed by atoms with Crippen LogP contribution in [0.3, 0.4) is 0 Å². The van der Waals surface area contributed by atoms with Gasteiger partial charge in [-0.05, 0) is 0 Å². The number of rotatable bonds is 4. The molecule has 2 N–H and O–H groups in total. The number of nitrogens with zero attached hydrogens (tertiary/aromatic N) is 1. The normalized spacial score (nSPS) is 8.43. The molecule has 0 aromatic rings. The van der Waals surface area contributed by atoms with Crippen molar-refractivity contribution in [2.24, 2.45) is 0 Å². The van der Waals surface area contributed by atoms with Crippen molar-refractivity contribution in [1.29, 1.82) is 5.41 Å². The van der Waals surface area contributed by atoms with Crippen molar-refractivity contribution in [2.45, 2.75) is 0 Å². The van der Waals surface area contributed by atoms with Crippen molar-refractivity contribution in [2.75, 3.05) is 26.4 Å². The Kier molecular flexibility index (Phi) is 10.0. The summed E-state index contributed by atoms with van der Waals surface area (Å²) in [7, 11) is 3.40. The second-order valence-electron chi connectivity index (χ2n) is 2.58. The van der Waals surface area contributed by atoms with E-state index in [0.717, 1.165) is 0 Å². The fourth-order valence-electron chi connectivity index (χ4n) is 0.479. The molecule has 0 aliphatic carbocycles. The van der Waals surface area contributed by atoms with Gasteiger partial charge in [0.2, 0.25) is 5.91 Å². The molecule has 0 aromatic heterocycles. The minimum atomic E-state index is 0. The van der Waals surface area contributed by atoms with E-state index >= 15 is 0 Å². The number of halogens is 1. The van der Waals surface area contributed by atoms with Crippen LogP contribution in [0.4, 0.5) is 0 Å². The van der Waals surface area contributed by atoms with E-state index in [1.54, 1.807) is 20.2 Å². The molecule has 0 atom stereocenters. The highest BCUT2D eigenvalue weighted by atomic mass is 35.5. The lowest BCUT2D eigenvalue weighted by atomic mass is 10.6. The molecule has 14 heavy (non-hydrogen) atoms. The van der Waals surface area contributed by atoms with E-state index < -0.39 is 0 Å². The number of carbonyl (C=O) groups is 1. The van der Waals surface area contributed by atoms with Gasteiger partial charge in [0.1, 0.15) is 0 Å². The predicted molar refractivity (Wildman–Crippen MR) is 64.3 cm³/mol. The summed E-state index contributed by atoms with van der Waals surface area (Å²) in [6.07, 6.45) is 1.67. The minimum Gasteiger partial charge on any atom is -0.362 e. The SMILES string of the molecule is C=CCNC(=N)SCC(=O)N(C)C.Cl. The summed E-state index contributed by atoms with van der Waals surface area (Å²) in [6.45, 7) is 4.07. The van der Waals surface area contributed by atoms with E-state index in [0.29, 0.717) is 17.5 Å². The number of nitrogens with one attached hydrogen (secondary N) is 2. The van der Waals surface area contributed by atoms with Gasteiger partial charge in [0.25, 0.3) is 0 Å². The molecule has 1 amide bonds. The third-order valence-corrected chi connectivity index (χ3v) is 2.07. The Labute approximate surface area is 95.0 Å². The number of thioether (sulfide) groups is 1. The molecule has 0 aliphatic rings. The minimum absolute atomic E-state index is 0. The fraction of sp³-hybridized carbons (Fsp3) is 0.500. The summed E-state index contributed by atoms with van der Waals surface area (Å²) in [5.74, 6) is 0.311. The van der Waals surface area contributed by atoms with Crippen LogP contribution in [0.5, 0.6) is 0 Å². The van der Waals surface area contributed by atoms with Gasteiger partial charge in [0.15, 0.2) is 5.17 Å². The molecule has 0 fully saturated rings. The number of carbonyl (C=O) groups excluding carboxylic acids is 1. The van der Waals surface area contributed by atoms with Crippen molar-refractivity contribution < 1.29 is 4.79 Å². The summed E-state index contributed by atoms with van der Waals surface area (Å²) in [4.78, 5) is 12.6. The molecular formula is C8H16ClN3OS. The molecule has 0 radical (unpaired) electrons.